The van der Waals surface area contributed by atoms with E-state index in [0.29, 0.717) is 11.3 Å². The molecule has 0 radical (unpaired) electrons. The summed E-state index contributed by atoms with van der Waals surface area (Å²) >= 11 is 0. The first kappa shape index (κ1) is 18.2. The molecule has 136 valence electrons. The Morgan fingerprint density at radius 3 is 2.52 bits per heavy atom. The van der Waals surface area contributed by atoms with Crippen molar-refractivity contribution in [1.29, 1.82) is 5.26 Å². The van der Waals surface area contributed by atoms with Gasteiger partial charge in [-0.1, -0.05) is 18.2 Å². The Kier molecular flexibility index (Phi) is 5.20. The monoisotopic (exact) mass is 382 g/mol. The molecule has 0 atom stereocenters. The van der Waals surface area contributed by atoms with Crippen LogP contribution in [0.4, 0.5) is 5.69 Å². The van der Waals surface area contributed by atoms with E-state index < -0.39 is 10.0 Å². The number of hydrogen-bond acceptors (Lipinski definition) is 8. The Hall–Kier alpha value is -3.62. The first-order valence-electron chi connectivity index (χ1n) is 7.68. The summed E-state index contributed by atoms with van der Waals surface area (Å²) in [5, 5.41) is 19.9. The summed E-state index contributed by atoms with van der Waals surface area (Å²) in [4.78, 5) is 4.33. The number of benzene rings is 2. The van der Waals surface area contributed by atoms with E-state index in [9.17, 15) is 8.42 Å². The third-order valence-electron chi connectivity index (χ3n) is 3.43. The molecule has 0 aliphatic rings. The number of nitrogens with two attached hydrogens (primary N) is 1. The Morgan fingerprint density at radius 1 is 1.19 bits per heavy atom. The second-order valence-corrected chi connectivity index (χ2v) is 6.91. The van der Waals surface area contributed by atoms with Crippen LogP contribution in [-0.2, 0) is 16.6 Å². The minimum Gasteiger partial charge on any atom is -0.324 e. The standard InChI is InChI=1S/C16H14N8O2S/c17-10-12-6-8-13(9-7-12)19-16(24-15(11-18)20-22-23-24)21-27(25,26)14-4-2-1-3-5-14/h1-9H,11,18H2,(H,19,21). The first-order chi connectivity index (χ1) is 13.0. The topological polar surface area (TPSA) is 152 Å². The van der Waals surface area contributed by atoms with Crippen molar-refractivity contribution in [2.75, 3.05) is 0 Å². The predicted molar refractivity (Wildman–Crippen MR) is 96.1 cm³/mol. The van der Waals surface area contributed by atoms with Gasteiger partial charge in [-0.15, -0.1) is 5.10 Å². The molecule has 10 nitrogen and oxygen atoms in total. The second-order valence-electron chi connectivity index (χ2n) is 5.22. The van der Waals surface area contributed by atoms with Gasteiger partial charge >= 0.3 is 0 Å². The first-order valence-corrected chi connectivity index (χ1v) is 9.16. The lowest BCUT2D eigenvalue weighted by molar-refractivity contribution is 0.591. The number of nitrogens with one attached hydrogen (secondary N) is 1. The van der Waals surface area contributed by atoms with Gasteiger partial charge in [0, 0.05) is 0 Å². The van der Waals surface area contributed by atoms with Crippen LogP contribution in [0.1, 0.15) is 11.4 Å². The fourth-order valence-electron chi connectivity index (χ4n) is 2.12. The molecule has 0 amide bonds. The van der Waals surface area contributed by atoms with E-state index in [1.165, 1.54) is 12.1 Å². The summed E-state index contributed by atoms with van der Waals surface area (Å²) < 4.78 is 28.9. The second kappa shape index (κ2) is 7.73. The molecule has 3 aromatic rings. The van der Waals surface area contributed by atoms with Gasteiger partial charge in [-0.25, -0.2) is 18.1 Å². The zero-order chi connectivity index (χ0) is 19.3. The van der Waals surface area contributed by atoms with Gasteiger partial charge in [0.1, 0.15) is 0 Å². The maximum atomic E-state index is 12.7. The summed E-state index contributed by atoms with van der Waals surface area (Å²) in [6.45, 7) is -0.0214. The highest BCUT2D eigenvalue weighted by molar-refractivity contribution is 7.90. The van der Waals surface area contributed by atoms with Crippen molar-refractivity contribution in [3.05, 3.63) is 66.0 Å². The van der Waals surface area contributed by atoms with Crippen LogP contribution in [0.25, 0.3) is 0 Å². The summed E-state index contributed by atoms with van der Waals surface area (Å²) in [7, 11) is -3.93. The third-order valence-corrected chi connectivity index (χ3v) is 4.77. The van der Waals surface area contributed by atoms with Crippen molar-refractivity contribution < 1.29 is 8.42 Å². The molecule has 0 spiro atoms. The summed E-state index contributed by atoms with van der Waals surface area (Å²) in [5.74, 6) is 0.0761. The molecular weight excluding hydrogens is 368 g/mol. The third kappa shape index (κ3) is 4.14. The highest BCUT2D eigenvalue weighted by atomic mass is 32.2. The molecule has 2 aromatic carbocycles. The minimum absolute atomic E-state index is 0.0214. The molecule has 0 aliphatic carbocycles. The van der Waals surface area contributed by atoms with E-state index in [1.54, 1.807) is 42.5 Å². The van der Waals surface area contributed by atoms with Crippen LogP contribution in [0.5, 0.6) is 0 Å². The fraction of sp³-hybridized carbons (Fsp3) is 0.0625. The summed E-state index contributed by atoms with van der Waals surface area (Å²) in [6.07, 6.45) is 0. The zero-order valence-electron chi connectivity index (χ0n) is 13.9. The number of nitrogens with zero attached hydrogens (tertiary/aromatic N) is 6. The van der Waals surface area contributed by atoms with E-state index >= 15 is 0 Å². The van der Waals surface area contributed by atoms with Gasteiger partial charge in [-0.2, -0.15) is 9.94 Å². The van der Waals surface area contributed by atoms with Crippen LogP contribution in [0, 0.1) is 11.3 Å². The van der Waals surface area contributed by atoms with Gasteiger partial charge in [0.05, 0.1) is 28.8 Å². The molecule has 0 fully saturated rings. The van der Waals surface area contributed by atoms with Crippen molar-refractivity contribution in [3.63, 3.8) is 0 Å². The van der Waals surface area contributed by atoms with Crippen molar-refractivity contribution in [2.24, 2.45) is 10.7 Å². The smallest absolute Gasteiger partial charge is 0.264 e. The molecule has 0 saturated heterocycles. The number of tetrazole rings is 1. The molecule has 0 bridgehead atoms. The Balaban J connectivity index is 2.05. The lowest BCUT2D eigenvalue weighted by Crippen LogP contribution is -2.37. The van der Waals surface area contributed by atoms with Crippen LogP contribution in [0.15, 0.2) is 64.5 Å². The van der Waals surface area contributed by atoms with Crippen LogP contribution in [-0.4, -0.2) is 34.6 Å². The number of aliphatic imine (C=N–C) groups is 1. The van der Waals surface area contributed by atoms with Gasteiger partial charge in [-0.05, 0) is 46.8 Å². The average molecular weight is 382 g/mol. The molecule has 3 N–H and O–H groups in total. The predicted octanol–water partition coefficient (Wildman–Crippen LogP) is 0.518. The van der Waals surface area contributed by atoms with E-state index in [1.807, 2.05) is 6.07 Å². The molecule has 27 heavy (non-hydrogen) atoms. The van der Waals surface area contributed by atoms with Crippen LogP contribution in [0.2, 0.25) is 0 Å². The summed E-state index contributed by atoms with van der Waals surface area (Å²) in [5.41, 5.74) is 6.46. The minimum atomic E-state index is -3.93. The van der Waals surface area contributed by atoms with Crippen LogP contribution in [0.3, 0.4) is 0 Å². The van der Waals surface area contributed by atoms with E-state index in [-0.39, 0.29) is 23.2 Å². The Bertz CT molecular complexity index is 1100. The molecule has 1 aromatic heterocycles. The highest BCUT2D eigenvalue weighted by Gasteiger charge is 2.20. The quantitative estimate of drug-likeness (QED) is 0.493. The number of hydrogen-bond donors (Lipinski definition) is 2. The van der Waals surface area contributed by atoms with Gasteiger partial charge in [-0.3, -0.25) is 0 Å². The molecular formula is C16H14N8O2S. The molecule has 3 rings (SSSR count). The number of rotatable bonds is 4. The molecule has 0 saturated carbocycles. The van der Waals surface area contributed by atoms with Gasteiger partial charge in [0.15, 0.2) is 5.82 Å². The van der Waals surface area contributed by atoms with E-state index in [0.717, 1.165) is 4.68 Å². The van der Waals surface area contributed by atoms with Gasteiger partial charge in [0.25, 0.3) is 10.0 Å². The number of sulfonamides is 1. The maximum Gasteiger partial charge on any atom is 0.264 e. The van der Waals surface area contributed by atoms with E-state index in [2.05, 4.69) is 25.2 Å². The molecule has 1 heterocycles. The molecule has 0 unspecified atom stereocenters. The normalized spacial score (nSPS) is 11.8. The Morgan fingerprint density at radius 2 is 1.89 bits per heavy atom. The van der Waals surface area contributed by atoms with Crippen molar-refractivity contribution >= 4 is 21.7 Å². The van der Waals surface area contributed by atoms with Crippen molar-refractivity contribution in [3.8, 4) is 6.07 Å². The molecule has 0 aliphatic heterocycles. The zero-order valence-corrected chi connectivity index (χ0v) is 14.7. The van der Waals surface area contributed by atoms with Crippen LogP contribution < -0.4 is 10.5 Å². The number of aromatic nitrogens is 4. The molecule has 11 heteroatoms. The van der Waals surface area contributed by atoms with Crippen molar-refractivity contribution in [2.45, 2.75) is 11.4 Å². The number of nitriles is 1. The lowest BCUT2D eigenvalue weighted by Gasteiger charge is -2.11. The Labute approximate surface area is 155 Å². The highest BCUT2D eigenvalue weighted by Crippen LogP contribution is 2.14. The fourth-order valence-corrected chi connectivity index (χ4v) is 3.13. The SMILES string of the molecule is N#Cc1ccc(N=C(NS(=O)(=O)c2ccccc2)n2nnnc2CN)cc1. The lowest BCUT2D eigenvalue weighted by atomic mass is 10.2. The largest absolute Gasteiger partial charge is 0.324 e. The van der Waals surface area contributed by atoms with Crippen LogP contribution >= 0.6 is 0 Å². The van der Waals surface area contributed by atoms with Gasteiger partial charge < -0.3 is 5.73 Å². The van der Waals surface area contributed by atoms with E-state index in [4.69, 9.17) is 11.0 Å². The summed E-state index contributed by atoms with van der Waals surface area (Å²) in [6, 6.07) is 16.1. The average Bonchev–Trinajstić information content (AvgIpc) is 3.17. The van der Waals surface area contributed by atoms with Gasteiger partial charge in [0.2, 0.25) is 5.96 Å². The van der Waals surface area contributed by atoms with Crippen molar-refractivity contribution in [1.82, 2.24) is 24.9 Å². The maximum absolute atomic E-state index is 12.7.